The summed E-state index contributed by atoms with van der Waals surface area (Å²) in [6, 6.07) is 5.48. The molecule has 1 aromatic rings. The second-order valence-corrected chi connectivity index (χ2v) is 4.00. The lowest BCUT2D eigenvalue weighted by molar-refractivity contribution is -0.122. The summed E-state index contributed by atoms with van der Waals surface area (Å²) in [5.41, 5.74) is 4.48. The van der Waals surface area contributed by atoms with Crippen molar-refractivity contribution in [1.29, 1.82) is 0 Å². The molecule has 0 spiro atoms. The van der Waals surface area contributed by atoms with E-state index in [1.807, 2.05) is 10.9 Å². The standard InChI is InChI=1S/C12H14F3N3O3/c1-21-9-4-2-8(3-5-9)6-10(19)17-18-11(20)16-7-12(13,14)15/h2-5H,6-7H2,1H3,(H,17,19)(H2,16,18,20). The Kier molecular flexibility index (Phi) is 5.82. The number of nitrogens with one attached hydrogen (secondary N) is 3. The molecule has 0 atom stereocenters. The van der Waals surface area contributed by atoms with Gasteiger partial charge in [-0.1, -0.05) is 12.1 Å². The smallest absolute Gasteiger partial charge is 0.405 e. The van der Waals surface area contributed by atoms with Crippen LogP contribution in [0.3, 0.4) is 0 Å². The van der Waals surface area contributed by atoms with Crippen LogP contribution in [0.4, 0.5) is 18.0 Å². The quantitative estimate of drug-likeness (QED) is 0.730. The van der Waals surface area contributed by atoms with Crippen LogP contribution in [0.2, 0.25) is 0 Å². The molecule has 6 nitrogen and oxygen atoms in total. The van der Waals surface area contributed by atoms with Crippen LogP contribution in [-0.2, 0) is 11.2 Å². The number of carbonyl (C=O) groups excluding carboxylic acids is 2. The number of benzene rings is 1. The summed E-state index contributed by atoms with van der Waals surface area (Å²) in [5, 5.41) is 1.55. The summed E-state index contributed by atoms with van der Waals surface area (Å²) in [5.74, 6) is 0.0612. The average Bonchev–Trinajstić information content (AvgIpc) is 2.43. The molecule has 1 rings (SSSR count). The Balaban J connectivity index is 2.31. The second-order valence-electron chi connectivity index (χ2n) is 4.00. The van der Waals surface area contributed by atoms with Gasteiger partial charge in [0.15, 0.2) is 0 Å². The number of hydrogen-bond donors (Lipinski definition) is 3. The first kappa shape index (κ1) is 16.6. The highest BCUT2D eigenvalue weighted by molar-refractivity contribution is 5.82. The zero-order chi connectivity index (χ0) is 15.9. The summed E-state index contributed by atoms with van der Waals surface area (Å²) in [4.78, 5) is 22.4. The molecule has 0 aliphatic carbocycles. The van der Waals surface area contributed by atoms with E-state index in [9.17, 15) is 22.8 Å². The minimum Gasteiger partial charge on any atom is -0.497 e. The van der Waals surface area contributed by atoms with Gasteiger partial charge in [-0.25, -0.2) is 10.2 Å². The van der Waals surface area contributed by atoms with Gasteiger partial charge in [-0.3, -0.25) is 10.2 Å². The van der Waals surface area contributed by atoms with Gasteiger partial charge in [0.2, 0.25) is 5.91 Å². The maximum atomic E-state index is 11.8. The van der Waals surface area contributed by atoms with Crippen LogP contribution in [-0.4, -0.2) is 31.8 Å². The van der Waals surface area contributed by atoms with Crippen molar-refractivity contribution in [3.8, 4) is 5.75 Å². The zero-order valence-corrected chi connectivity index (χ0v) is 11.1. The van der Waals surface area contributed by atoms with E-state index in [1.165, 1.54) is 7.11 Å². The fourth-order valence-electron chi connectivity index (χ4n) is 1.32. The number of ether oxygens (including phenoxy) is 1. The third-order valence-electron chi connectivity index (χ3n) is 2.29. The normalized spacial score (nSPS) is 10.7. The van der Waals surface area contributed by atoms with Crippen molar-refractivity contribution in [3.63, 3.8) is 0 Å². The molecule has 3 amide bonds. The molecule has 0 saturated heterocycles. The largest absolute Gasteiger partial charge is 0.497 e. The first-order valence-corrected chi connectivity index (χ1v) is 5.82. The van der Waals surface area contributed by atoms with Gasteiger partial charge < -0.3 is 10.1 Å². The first-order chi connectivity index (χ1) is 9.80. The summed E-state index contributed by atoms with van der Waals surface area (Å²) in [6.07, 6.45) is -4.55. The number of halogens is 3. The van der Waals surface area contributed by atoms with Crippen LogP contribution >= 0.6 is 0 Å². The molecule has 3 N–H and O–H groups in total. The van der Waals surface area contributed by atoms with E-state index >= 15 is 0 Å². The Hall–Kier alpha value is -2.45. The maximum absolute atomic E-state index is 11.8. The monoisotopic (exact) mass is 305 g/mol. The molecule has 0 heterocycles. The summed E-state index contributed by atoms with van der Waals surface area (Å²) in [7, 11) is 1.51. The molecule has 0 aliphatic rings. The number of amides is 3. The molecule has 0 radical (unpaired) electrons. The summed E-state index contributed by atoms with van der Waals surface area (Å²) < 4.78 is 40.4. The van der Waals surface area contributed by atoms with Crippen molar-refractivity contribution in [2.75, 3.05) is 13.7 Å². The molecule has 116 valence electrons. The lowest BCUT2D eigenvalue weighted by atomic mass is 10.1. The van der Waals surface area contributed by atoms with Crippen LogP contribution in [0.25, 0.3) is 0 Å². The predicted molar refractivity (Wildman–Crippen MR) is 67.4 cm³/mol. The van der Waals surface area contributed by atoms with Gasteiger partial charge in [0.25, 0.3) is 0 Å². The number of hydrogen-bond acceptors (Lipinski definition) is 3. The van der Waals surface area contributed by atoms with Gasteiger partial charge in [-0.15, -0.1) is 0 Å². The van der Waals surface area contributed by atoms with Gasteiger partial charge in [-0.05, 0) is 17.7 Å². The molecule has 0 aromatic heterocycles. The van der Waals surface area contributed by atoms with Crippen LogP contribution < -0.4 is 20.9 Å². The first-order valence-electron chi connectivity index (χ1n) is 5.82. The van der Waals surface area contributed by atoms with Gasteiger partial charge in [0, 0.05) is 0 Å². The highest BCUT2D eigenvalue weighted by atomic mass is 19.4. The molecule has 0 fully saturated rings. The molecule has 0 bridgehead atoms. The minimum absolute atomic E-state index is 0.0381. The van der Waals surface area contributed by atoms with Crippen LogP contribution in [0.5, 0.6) is 5.75 Å². The van der Waals surface area contributed by atoms with Gasteiger partial charge in [0.1, 0.15) is 12.3 Å². The second kappa shape index (κ2) is 7.36. The van der Waals surface area contributed by atoms with Gasteiger partial charge in [-0.2, -0.15) is 13.2 Å². The van der Waals surface area contributed by atoms with Crippen molar-refractivity contribution in [2.24, 2.45) is 0 Å². The molecular weight excluding hydrogens is 291 g/mol. The number of carbonyl (C=O) groups is 2. The van der Waals surface area contributed by atoms with E-state index in [0.29, 0.717) is 11.3 Å². The highest BCUT2D eigenvalue weighted by Gasteiger charge is 2.27. The Labute approximate surface area is 118 Å². The maximum Gasteiger partial charge on any atom is 0.405 e. The molecule has 21 heavy (non-hydrogen) atoms. The van der Waals surface area contributed by atoms with Crippen molar-refractivity contribution in [2.45, 2.75) is 12.6 Å². The molecule has 0 unspecified atom stereocenters. The van der Waals surface area contributed by atoms with Gasteiger partial charge >= 0.3 is 12.2 Å². The number of alkyl halides is 3. The number of hydrazine groups is 1. The van der Waals surface area contributed by atoms with E-state index in [1.54, 1.807) is 29.6 Å². The third kappa shape index (κ3) is 7.04. The predicted octanol–water partition coefficient (Wildman–Crippen LogP) is 1.13. The number of urea groups is 1. The lowest BCUT2D eigenvalue weighted by Gasteiger charge is -2.10. The average molecular weight is 305 g/mol. The molecule has 0 aliphatic heterocycles. The fourth-order valence-corrected chi connectivity index (χ4v) is 1.32. The van der Waals surface area contributed by atoms with E-state index in [0.717, 1.165) is 0 Å². The van der Waals surface area contributed by atoms with E-state index in [2.05, 4.69) is 0 Å². The Morgan fingerprint density at radius 1 is 1.14 bits per heavy atom. The Morgan fingerprint density at radius 3 is 2.29 bits per heavy atom. The summed E-state index contributed by atoms with van der Waals surface area (Å²) >= 11 is 0. The van der Waals surface area contributed by atoms with Crippen LogP contribution in [0.1, 0.15) is 5.56 Å². The number of methoxy groups -OCH3 is 1. The van der Waals surface area contributed by atoms with Crippen molar-refractivity contribution < 1.29 is 27.5 Å². The zero-order valence-electron chi connectivity index (χ0n) is 11.1. The third-order valence-corrected chi connectivity index (χ3v) is 2.29. The Morgan fingerprint density at radius 2 is 1.76 bits per heavy atom. The fraction of sp³-hybridized carbons (Fsp3) is 0.333. The molecular formula is C12H14F3N3O3. The SMILES string of the molecule is COc1ccc(CC(=O)NNC(=O)NCC(F)(F)F)cc1. The molecule has 9 heteroatoms. The summed E-state index contributed by atoms with van der Waals surface area (Å²) in [6.45, 7) is -1.48. The molecule has 1 aromatic carbocycles. The van der Waals surface area contributed by atoms with Crippen LogP contribution in [0, 0.1) is 0 Å². The van der Waals surface area contributed by atoms with Crippen molar-refractivity contribution in [3.05, 3.63) is 29.8 Å². The molecule has 0 saturated carbocycles. The number of rotatable bonds is 4. The lowest BCUT2D eigenvalue weighted by Crippen LogP contribution is -2.49. The topological polar surface area (TPSA) is 79.5 Å². The van der Waals surface area contributed by atoms with Gasteiger partial charge in [0.05, 0.1) is 13.5 Å². The minimum atomic E-state index is -4.51. The van der Waals surface area contributed by atoms with E-state index in [4.69, 9.17) is 4.74 Å². The van der Waals surface area contributed by atoms with Crippen molar-refractivity contribution >= 4 is 11.9 Å². The van der Waals surface area contributed by atoms with E-state index < -0.39 is 24.7 Å². The Bertz CT molecular complexity index is 489. The van der Waals surface area contributed by atoms with Crippen molar-refractivity contribution in [1.82, 2.24) is 16.2 Å². The van der Waals surface area contributed by atoms with E-state index in [-0.39, 0.29) is 6.42 Å². The highest BCUT2D eigenvalue weighted by Crippen LogP contribution is 2.12. The van der Waals surface area contributed by atoms with Crippen LogP contribution in [0.15, 0.2) is 24.3 Å².